The minimum Gasteiger partial charge on any atom is -0.392 e. The normalized spacial score (nSPS) is 34.1. The molecule has 2 N–H and O–H groups in total. The summed E-state index contributed by atoms with van der Waals surface area (Å²) in [7, 11) is 0. The highest BCUT2D eigenvalue weighted by Crippen LogP contribution is 2.43. The number of rotatable bonds is 5. The van der Waals surface area contributed by atoms with E-state index in [-0.39, 0.29) is 6.61 Å². The van der Waals surface area contributed by atoms with E-state index in [1.54, 1.807) is 0 Å². The average molecular weight is 238 g/mol. The standard InChI is InChI=1S/C15H26O2/c1-11(10-16)6-5-7-12(2)14-8-9-15(4,17)13(14)3/h6,13-14,16-17H,2,5,7-10H2,1,3-4H3/b11-6-/t13-,14-,15+/m0/s1. The smallest absolute Gasteiger partial charge is 0.0651 e. The van der Waals surface area contributed by atoms with Gasteiger partial charge < -0.3 is 10.2 Å². The molecule has 17 heavy (non-hydrogen) atoms. The molecule has 0 saturated heterocycles. The first-order valence-corrected chi connectivity index (χ1v) is 6.55. The SMILES string of the molecule is C=C(CC/C=C(/C)CO)[C@@H]1CC[C@@](C)(O)[C@H]1C. The molecule has 2 nitrogen and oxygen atoms in total. The van der Waals surface area contributed by atoms with Gasteiger partial charge in [0.25, 0.3) is 0 Å². The number of aliphatic hydroxyl groups excluding tert-OH is 1. The van der Waals surface area contributed by atoms with E-state index in [0.29, 0.717) is 11.8 Å². The second-order valence-corrected chi connectivity index (χ2v) is 5.70. The molecule has 0 aliphatic heterocycles. The van der Waals surface area contributed by atoms with Crippen LogP contribution in [0.1, 0.15) is 46.5 Å². The monoisotopic (exact) mass is 238 g/mol. The van der Waals surface area contributed by atoms with E-state index < -0.39 is 5.60 Å². The molecule has 0 heterocycles. The summed E-state index contributed by atoms with van der Waals surface area (Å²) in [6, 6.07) is 0. The average Bonchev–Trinajstić information content (AvgIpc) is 2.54. The molecule has 0 radical (unpaired) electrons. The van der Waals surface area contributed by atoms with E-state index in [9.17, 15) is 5.11 Å². The largest absolute Gasteiger partial charge is 0.392 e. The summed E-state index contributed by atoms with van der Waals surface area (Å²) < 4.78 is 0. The first-order valence-electron chi connectivity index (χ1n) is 6.55. The maximum atomic E-state index is 10.1. The highest BCUT2D eigenvalue weighted by Gasteiger charge is 2.41. The molecule has 0 aromatic rings. The van der Waals surface area contributed by atoms with Gasteiger partial charge >= 0.3 is 0 Å². The second kappa shape index (κ2) is 5.83. The third-order valence-corrected chi connectivity index (χ3v) is 4.28. The van der Waals surface area contributed by atoms with Gasteiger partial charge in [-0.2, -0.15) is 0 Å². The molecule has 1 aliphatic carbocycles. The molecule has 1 saturated carbocycles. The summed E-state index contributed by atoms with van der Waals surface area (Å²) in [6.07, 6.45) is 5.90. The molecular formula is C15H26O2. The zero-order chi connectivity index (χ0) is 13.1. The van der Waals surface area contributed by atoms with Gasteiger partial charge in [-0.3, -0.25) is 0 Å². The molecule has 1 aliphatic rings. The van der Waals surface area contributed by atoms with Crippen LogP contribution >= 0.6 is 0 Å². The molecule has 0 aromatic heterocycles. The van der Waals surface area contributed by atoms with Crippen molar-refractivity contribution in [1.29, 1.82) is 0 Å². The zero-order valence-electron chi connectivity index (χ0n) is 11.4. The molecule has 2 heteroatoms. The Bertz CT molecular complexity index is 302. The highest BCUT2D eigenvalue weighted by atomic mass is 16.3. The fourth-order valence-corrected chi connectivity index (χ4v) is 2.67. The molecule has 0 aromatic carbocycles. The van der Waals surface area contributed by atoms with Crippen LogP contribution in [0.15, 0.2) is 23.8 Å². The number of hydrogen-bond donors (Lipinski definition) is 2. The van der Waals surface area contributed by atoms with Gasteiger partial charge in [-0.15, -0.1) is 0 Å². The van der Waals surface area contributed by atoms with Crippen LogP contribution in [0.25, 0.3) is 0 Å². The van der Waals surface area contributed by atoms with Crippen molar-refractivity contribution in [3.63, 3.8) is 0 Å². The van der Waals surface area contributed by atoms with E-state index in [2.05, 4.69) is 19.6 Å². The van der Waals surface area contributed by atoms with Gasteiger partial charge in [0.15, 0.2) is 0 Å². The summed E-state index contributed by atoms with van der Waals surface area (Å²) in [5, 5.41) is 19.0. The lowest BCUT2D eigenvalue weighted by Crippen LogP contribution is -2.29. The maximum Gasteiger partial charge on any atom is 0.0651 e. The third kappa shape index (κ3) is 3.68. The lowest BCUT2D eigenvalue weighted by molar-refractivity contribution is 0.0214. The first-order chi connectivity index (χ1) is 7.88. The number of aliphatic hydroxyl groups is 2. The molecule has 1 fully saturated rings. The van der Waals surface area contributed by atoms with Gasteiger partial charge in [-0.05, 0) is 51.4 Å². The van der Waals surface area contributed by atoms with Crippen molar-refractivity contribution in [2.75, 3.05) is 6.61 Å². The zero-order valence-corrected chi connectivity index (χ0v) is 11.4. The van der Waals surface area contributed by atoms with Gasteiger partial charge in [0.2, 0.25) is 0 Å². The predicted octanol–water partition coefficient (Wildman–Crippen LogP) is 3.06. The van der Waals surface area contributed by atoms with Crippen LogP contribution in [0.3, 0.4) is 0 Å². The second-order valence-electron chi connectivity index (χ2n) is 5.70. The van der Waals surface area contributed by atoms with Crippen molar-refractivity contribution >= 4 is 0 Å². The maximum absolute atomic E-state index is 10.1. The quantitative estimate of drug-likeness (QED) is 0.723. The van der Waals surface area contributed by atoms with Gasteiger partial charge in [0.1, 0.15) is 0 Å². The number of allylic oxidation sites excluding steroid dienone is 2. The van der Waals surface area contributed by atoms with Crippen molar-refractivity contribution in [1.82, 2.24) is 0 Å². The first kappa shape index (κ1) is 14.5. The number of hydrogen-bond acceptors (Lipinski definition) is 2. The van der Waals surface area contributed by atoms with Gasteiger partial charge in [0.05, 0.1) is 12.2 Å². The Kier molecular flexibility index (Phi) is 4.96. The third-order valence-electron chi connectivity index (χ3n) is 4.28. The Morgan fingerprint density at radius 3 is 2.65 bits per heavy atom. The van der Waals surface area contributed by atoms with Crippen LogP contribution in [-0.2, 0) is 0 Å². The van der Waals surface area contributed by atoms with E-state index in [4.69, 9.17) is 5.11 Å². The highest BCUT2D eigenvalue weighted by molar-refractivity contribution is 5.11. The van der Waals surface area contributed by atoms with Gasteiger partial charge in [0, 0.05) is 0 Å². The van der Waals surface area contributed by atoms with Crippen LogP contribution in [0.2, 0.25) is 0 Å². The van der Waals surface area contributed by atoms with Crippen LogP contribution in [0, 0.1) is 11.8 Å². The van der Waals surface area contributed by atoms with Crippen LogP contribution < -0.4 is 0 Å². The summed E-state index contributed by atoms with van der Waals surface area (Å²) in [4.78, 5) is 0. The molecule has 0 unspecified atom stereocenters. The van der Waals surface area contributed by atoms with Crippen molar-refractivity contribution in [3.05, 3.63) is 23.8 Å². The van der Waals surface area contributed by atoms with E-state index in [1.165, 1.54) is 5.57 Å². The minimum atomic E-state index is -0.523. The van der Waals surface area contributed by atoms with Gasteiger partial charge in [-0.25, -0.2) is 0 Å². The fourth-order valence-electron chi connectivity index (χ4n) is 2.67. The van der Waals surface area contributed by atoms with E-state index in [0.717, 1.165) is 31.3 Å². The molecule has 0 spiro atoms. The van der Waals surface area contributed by atoms with Crippen molar-refractivity contribution < 1.29 is 10.2 Å². The van der Waals surface area contributed by atoms with Crippen molar-refractivity contribution in [2.24, 2.45) is 11.8 Å². The Morgan fingerprint density at radius 2 is 2.18 bits per heavy atom. The topological polar surface area (TPSA) is 40.5 Å². The molecule has 0 bridgehead atoms. The molecule has 0 amide bonds. The Morgan fingerprint density at radius 1 is 1.53 bits per heavy atom. The Balaban J connectivity index is 2.45. The Labute approximate surface area is 105 Å². The van der Waals surface area contributed by atoms with Crippen LogP contribution in [0.4, 0.5) is 0 Å². The van der Waals surface area contributed by atoms with E-state index >= 15 is 0 Å². The summed E-state index contributed by atoms with van der Waals surface area (Å²) >= 11 is 0. The van der Waals surface area contributed by atoms with Crippen LogP contribution in [-0.4, -0.2) is 22.4 Å². The molecule has 1 rings (SSSR count). The molecular weight excluding hydrogens is 212 g/mol. The summed E-state index contributed by atoms with van der Waals surface area (Å²) in [5.41, 5.74) is 1.74. The fraction of sp³-hybridized carbons (Fsp3) is 0.733. The van der Waals surface area contributed by atoms with Gasteiger partial charge in [-0.1, -0.05) is 30.7 Å². The Hall–Kier alpha value is -0.600. The lowest BCUT2D eigenvalue weighted by Gasteiger charge is -2.26. The summed E-state index contributed by atoms with van der Waals surface area (Å²) in [6.45, 7) is 10.3. The minimum absolute atomic E-state index is 0.140. The summed E-state index contributed by atoms with van der Waals surface area (Å²) in [5.74, 6) is 0.755. The predicted molar refractivity (Wildman–Crippen MR) is 71.7 cm³/mol. The van der Waals surface area contributed by atoms with Crippen molar-refractivity contribution in [2.45, 2.75) is 52.1 Å². The molecule has 98 valence electrons. The molecule has 3 atom stereocenters. The van der Waals surface area contributed by atoms with E-state index in [1.807, 2.05) is 13.8 Å². The lowest BCUT2D eigenvalue weighted by atomic mass is 9.83. The van der Waals surface area contributed by atoms with Crippen molar-refractivity contribution in [3.8, 4) is 0 Å². The van der Waals surface area contributed by atoms with Crippen LogP contribution in [0.5, 0.6) is 0 Å².